The van der Waals surface area contributed by atoms with Crippen molar-refractivity contribution in [2.24, 2.45) is 0 Å². The number of halogens is 2. The Morgan fingerprint density at radius 1 is 1.32 bits per heavy atom. The minimum absolute atomic E-state index is 0.0553. The third-order valence-corrected chi connectivity index (χ3v) is 4.30. The Labute approximate surface area is 139 Å². The number of urea groups is 1. The first-order valence-corrected chi connectivity index (χ1v) is 7.83. The molecule has 0 bridgehead atoms. The van der Waals surface area contributed by atoms with E-state index in [-0.39, 0.29) is 12.1 Å². The molecule has 2 amide bonds. The quantitative estimate of drug-likeness (QED) is 0.860. The van der Waals surface area contributed by atoms with E-state index in [9.17, 15) is 4.79 Å². The van der Waals surface area contributed by atoms with Gasteiger partial charge in [-0.1, -0.05) is 29.3 Å². The number of benzene rings is 1. The second kappa shape index (κ2) is 6.55. The average molecular weight is 336 g/mol. The predicted octanol–water partition coefficient (Wildman–Crippen LogP) is 4.76. The molecule has 2 aromatic rings. The van der Waals surface area contributed by atoms with Gasteiger partial charge >= 0.3 is 6.03 Å². The maximum atomic E-state index is 12.5. The van der Waals surface area contributed by atoms with Gasteiger partial charge in [-0.15, -0.1) is 0 Å². The first-order chi connectivity index (χ1) is 10.6. The van der Waals surface area contributed by atoms with Crippen LogP contribution in [0.4, 0.5) is 10.5 Å². The summed E-state index contributed by atoms with van der Waals surface area (Å²) in [6.07, 6.45) is 5.46. The van der Waals surface area contributed by atoms with Crippen LogP contribution in [0.15, 0.2) is 42.7 Å². The van der Waals surface area contributed by atoms with Crippen LogP contribution in [-0.2, 0) is 0 Å². The molecule has 0 aliphatic carbocycles. The van der Waals surface area contributed by atoms with Crippen molar-refractivity contribution in [1.29, 1.82) is 0 Å². The first kappa shape index (κ1) is 15.1. The van der Waals surface area contributed by atoms with Gasteiger partial charge < -0.3 is 10.2 Å². The van der Waals surface area contributed by atoms with Crippen LogP contribution in [0.25, 0.3) is 0 Å². The Morgan fingerprint density at radius 2 is 2.18 bits per heavy atom. The highest BCUT2D eigenvalue weighted by molar-refractivity contribution is 6.36. The van der Waals surface area contributed by atoms with E-state index in [1.807, 2.05) is 23.2 Å². The lowest BCUT2D eigenvalue weighted by molar-refractivity contribution is 0.207. The second-order valence-corrected chi connectivity index (χ2v) is 6.04. The first-order valence-electron chi connectivity index (χ1n) is 7.08. The third kappa shape index (κ3) is 3.18. The van der Waals surface area contributed by atoms with Crippen molar-refractivity contribution in [3.8, 4) is 0 Å². The Bertz CT molecular complexity index is 678. The highest BCUT2D eigenvalue weighted by Crippen LogP contribution is 2.33. The van der Waals surface area contributed by atoms with E-state index in [4.69, 9.17) is 23.2 Å². The topological polar surface area (TPSA) is 45.2 Å². The Hall–Kier alpha value is -1.78. The SMILES string of the molecule is O=C(Nc1ccc(Cl)cc1Cl)N1CCCC1c1cccnc1. The van der Waals surface area contributed by atoms with Crippen LogP contribution in [0, 0.1) is 0 Å². The number of pyridine rings is 1. The molecule has 0 spiro atoms. The van der Waals surface area contributed by atoms with Crippen LogP contribution < -0.4 is 5.32 Å². The van der Waals surface area contributed by atoms with Gasteiger partial charge in [0.05, 0.1) is 16.8 Å². The van der Waals surface area contributed by atoms with E-state index in [2.05, 4.69) is 10.3 Å². The average Bonchev–Trinajstić information content (AvgIpc) is 3.00. The lowest BCUT2D eigenvalue weighted by atomic mass is 10.1. The van der Waals surface area contributed by atoms with Crippen LogP contribution in [0.1, 0.15) is 24.4 Å². The molecule has 4 nitrogen and oxygen atoms in total. The number of anilines is 1. The van der Waals surface area contributed by atoms with E-state index in [1.165, 1.54) is 0 Å². The number of nitrogens with one attached hydrogen (secondary N) is 1. The minimum Gasteiger partial charge on any atom is -0.317 e. The number of rotatable bonds is 2. The number of carbonyl (C=O) groups excluding carboxylic acids is 1. The molecule has 1 aromatic heterocycles. The van der Waals surface area contributed by atoms with Crippen LogP contribution >= 0.6 is 23.2 Å². The van der Waals surface area contributed by atoms with Gasteiger partial charge in [-0.25, -0.2) is 4.79 Å². The summed E-state index contributed by atoms with van der Waals surface area (Å²) < 4.78 is 0. The summed E-state index contributed by atoms with van der Waals surface area (Å²) in [7, 11) is 0. The summed E-state index contributed by atoms with van der Waals surface area (Å²) in [5, 5.41) is 3.82. The molecule has 2 heterocycles. The largest absolute Gasteiger partial charge is 0.322 e. The minimum atomic E-state index is -0.157. The maximum absolute atomic E-state index is 12.5. The number of carbonyl (C=O) groups is 1. The van der Waals surface area contributed by atoms with Crippen LogP contribution in [0.5, 0.6) is 0 Å². The molecule has 22 heavy (non-hydrogen) atoms. The Morgan fingerprint density at radius 3 is 2.91 bits per heavy atom. The van der Waals surface area contributed by atoms with Crippen molar-refractivity contribution < 1.29 is 4.79 Å². The molecule has 1 unspecified atom stereocenters. The number of hydrogen-bond donors (Lipinski definition) is 1. The van der Waals surface area contributed by atoms with Crippen molar-refractivity contribution in [3.05, 3.63) is 58.3 Å². The van der Waals surface area contributed by atoms with Gasteiger partial charge in [-0.2, -0.15) is 0 Å². The van der Waals surface area contributed by atoms with Crippen LogP contribution in [0.2, 0.25) is 10.0 Å². The second-order valence-electron chi connectivity index (χ2n) is 5.19. The molecule has 1 atom stereocenters. The number of likely N-dealkylation sites (tertiary alicyclic amines) is 1. The van der Waals surface area contributed by atoms with Gasteiger partial charge in [0.15, 0.2) is 0 Å². The monoisotopic (exact) mass is 335 g/mol. The van der Waals surface area contributed by atoms with Crippen LogP contribution in [-0.4, -0.2) is 22.5 Å². The summed E-state index contributed by atoms with van der Waals surface area (Å²) in [4.78, 5) is 18.5. The predicted molar refractivity (Wildman–Crippen MR) is 88.4 cm³/mol. The van der Waals surface area contributed by atoms with E-state index in [1.54, 1.807) is 24.4 Å². The molecule has 114 valence electrons. The summed E-state index contributed by atoms with van der Waals surface area (Å²) in [5.74, 6) is 0. The molecule has 1 aliphatic heterocycles. The van der Waals surface area contributed by atoms with Gasteiger partial charge in [-0.05, 0) is 42.7 Å². The number of aromatic nitrogens is 1. The molecule has 1 aromatic carbocycles. The normalized spacial score (nSPS) is 17.5. The molecular weight excluding hydrogens is 321 g/mol. The lowest BCUT2D eigenvalue weighted by Crippen LogP contribution is -2.34. The standard InChI is InChI=1S/C16H15Cl2N3O/c17-12-5-6-14(13(18)9-12)20-16(22)21-8-2-4-15(21)11-3-1-7-19-10-11/h1,3,5-7,9-10,15H,2,4,8H2,(H,20,22). The summed E-state index contributed by atoms with van der Waals surface area (Å²) >= 11 is 12.0. The van der Waals surface area contributed by atoms with Crippen molar-refractivity contribution in [2.75, 3.05) is 11.9 Å². The van der Waals surface area contributed by atoms with E-state index in [0.717, 1.165) is 24.9 Å². The van der Waals surface area contributed by atoms with Gasteiger partial charge in [0.1, 0.15) is 0 Å². The van der Waals surface area contributed by atoms with Crippen molar-refractivity contribution >= 4 is 34.9 Å². The zero-order valence-corrected chi connectivity index (χ0v) is 13.3. The van der Waals surface area contributed by atoms with Crippen LogP contribution in [0.3, 0.4) is 0 Å². The molecule has 0 radical (unpaired) electrons. The van der Waals surface area contributed by atoms with Crippen molar-refractivity contribution in [1.82, 2.24) is 9.88 Å². The molecule has 6 heteroatoms. The van der Waals surface area contributed by atoms with Crippen molar-refractivity contribution in [3.63, 3.8) is 0 Å². The van der Waals surface area contributed by atoms with E-state index in [0.29, 0.717) is 15.7 Å². The number of hydrogen-bond acceptors (Lipinski definition) is 2. The molecule has 3 rings (SSSR count). The Balaban J connectivity index is 1.76. The highest BCUT2D eigenvalue weighted by atomic mass is 35.5. The smallest absolute Gasteiger partial charge is 0.317 e. The summed E-state index contributed by atoms with van der Waals surface area (Å²) in [6, 6.07) is 8.80. The molecule has 1 fully saturated rings. The number of nitrogens with zero attached hydrogens (tertiary/aromatic N) is 2. The molecule has 1 N–H and O–H groups in total. The fourth-order valence-electron chi connectivity index (χ4n) is 2.71. The number of amides is 2. The zero-order chi connectivity index (χ0) is 15.5. The summed E-state index contributed by atoms with van der Waals surface area (Å²) in [5.41, 5.74) is 1.62. The summed E-state index contributed by atoms with van der Waals surface area (Å²) in [6.45, 7) is 0.719. The Kier molecular flexibility index (Phi) is 4.50. The molecular formula is C16H15Cl2N3O. The maximum Gasteiger partial charge on any atom is 0.322 e. The van der Waals surface area contributed by atoms with Gasteiger partial charge in [0.25, 0.3) is 0 Å². The van der Waals surface area contributed by atoms with E-state index < -0.39 is 0 Å². The fraction of sp³-hybridized carbons (Fsp3) is 0.250. The van der Waals surface area contributed by atoms with Gasteiger partial charge in [0.2, 0.25) is 0 Å². The zero-order valence-electron chi connectivity index (χ0n) is 11.8. The fourth-order valence-corrected chi connectivity index (χ4v) is 3.16. The molecule has 0 saturated carbocycles. The molecule has 1 saturated heterocycles. The molecule has 1 aliphatic rings. The van der Waals surface area contributed by atoms with E-state index >= 15 is 0 Å². The highest BCUT2D eigenvalue weighted by Gasteiger charge is 2.30. The third-order valence-electron chi connectivity index (χ3n) is 3.76. The van der Waals surface area contributed by atoms with Gasteiger partial charge in [-0.3, -0.25) is 4.98 Å². The van der Waals surface area contributed by atoms with Gasteiger partial charge in [0, 0.05) is 24.0 Å². The van der Waals surface area contributed by atoms with Crippen molar-refractivity contribution in [2.45, 2.75) is 18.9 Å². The lowest BCUT2D eigenvalue weighted by Gasteiger charge is -2.25.